The molecule has 1 aromatic heterocycles. The number of hydrogen-bond donors (Lipinski definition) is 2. The summed E-state index contributed by atoms with van der Waals surface area (Å²) < 4.78 is 5.05. The van der Waals surface area contributed by atoms with E-state index in [1.54, 1.807) is 19.2 Å². The number of guanidine groups is 1. The van der Waals surface area contributed by atoms with Gasteiger partial charge >= 0.3 is 0 Å². The molecule has 0 saturated heterocycles. The summed E-state index contributed by atoms with van der Waals surface area (Å²) in [6.07, 6.45) is 1.48. The maximum atomic E-state index is 11.8. The van der Waals surface area contributed by atoms with Crippen LogP contribution in [0.4, 0.5) is 0 Å². The molecule has 1 aromatic carbocycles. The summed E-state index contributed by atoms with van der Waals surface area (Å²) >= 11 is 0. The Morgan fingerprint density at radius 2 is 1.88 bits per heavy atom. The summed E-state index contributed by atoms with van der Waals surface area (Å²) in [4.78, 5) is 18.1. The number of carbonyl (C=O) groups excluding carboxylic acids is 1. The third-order valence-corrected chi connectivity index (χ3v) is 3.68. The molecule has 0 aliphatic heterocycles. The lowest BCUT2D eigenvalue weighted by Gasteiger charge is -2.23. The molecular formula is C18H25IN4O2. The Hall–Kier alpha value is -2.03. The molecule has 0 aliphatic carbocycles. The first-order chi connectivity index (χ1) is 11.6. The van der Waals surface area contributed by atoms with E-state index in [2.05, 4.69) is 39.6 Å². The van der Waals surface area contributed by atoms with Crippen molar-refractivity contribution in [3.8, 4) is 0 Å². The van der Waals surface area contributed by atoms with Gasteiger partial charge < -0.3 is 20.0 Å². The summed E-state index contributed by atoms with van der Waals surface area (Å²) in [5, 5.41) is 6.03. The molecule has 6 nitrogen and oxygen atoms in total. The highest BCUT2D eigenvalue weighted by Gasteiger charge is 2.09. The van der Waals surface area contributed by atoms with E-state index in [0.717, 1.165) is 12.5 Å². The smallest absolute Gasteiger partial charge is 0.287 e. The normalized spacial score (nSPS) is 10.8. The minimum Gasteiger partial charge on any atom is -0.459 e. The van der Waals surface area contributed by atoms with E-state index in [9.17, 15) is 4.79 Å². The predicted molar refractivity (Wildman–Crippen MR) is 110 cm³/mol. The highest BCUT2D eigenvalue weighted by molar-refractivity contribution is 14.0. The lowest BCUT2D eigenvalue weighted by Crippen LogP contribution is -2.42. The Morgan fingerprint density at radius 3 is 2.52 bits per heavy atom. The first-order valence-corrected chi connectivity index (χ1v) is 7.90. The van der Waals surface area contributed by atoms with Crippen molar-refractivity contribution >= 4 is 35.8 Å². The minimum absolute atomic E-state index is 0. The number of rotatable bonds is 6. The van der Waals surface area contributed by atoms with Crippen LogP contribution in [0.3, 0.4) is 0 Å². The van der Waals surface area contributed by atoms with Gasteiger partial charge in [-0.25, -0.2) is 0 Å². The van der Waals surface area contributed by atoms with Crippen LogP contribution in [-0.4, -0.2) is 44.0 Å². The maximum Gasteiger partial charge on any atom is 0.287 e. The fraction of sp³-hybridized carbons (Fsp3) is 0.333. The first kappa shape index (κ1) is 21.0. The number of benzene rings is 1. The molecule has 0 bridgehead atoms. The van der Waals surface area contributed by atoms with Gasteiger partial charge in [0.05, 0.1) is 6.26 Å². The van der Waals surface area contributed by atoms with Gasteiger partial charge in [-0.1, -0.05) is 24.3 Å². The van der Waals surface area contributed by atoms with E-state index in [4.69, 9.17) is 4.42 Å². The van der Waals surface area contributed by atoms with Crippen LogP contribution < -0.4 is 10.6 Å². The quantitative estimate of drug-likeness (QED) is 0.304. The van der Waals surface area contributed by atoms with Gasteiger partial charge in [0.15, 0.2) is 11.7 Å². The fourth-order valence-electron chi connectivity index (χ4n) is 2.35. The zero-order valence-corrected chi connectivity index (χ0v) is 17.1. The molecule has 0 saturated carbocycles. The van der Waals surface area contributed by atoms with Gasteiger partial charge in [0, 0.05) is 33.7 Å². The van der Waals surface area contributed by atoms with E-state index >= 15 is 0 Å². The number of nitrogens with one attached hydrogen (secondary N) is 2. The van der Waals surface area contributed by atoms with E-state index in [0.29, 0.717) is 18.8 Å². The van der Waals surface area contributed by atoms with Crippen molar-refractivity contribution in [2.24, 2.45) is 4.99 Å². The van der Waals surface area contributed by atoms with Gasteiger partial charge in [-0.2, -0.15) is 0 Å². The second-order valence-corrected chi connectivity index (χ2v) is 5.49. The van der Waals surface area contributed by atoms with Crippen LogP contribution >= 0.6 is 24.0 Å². The molecule has 25 heavy (non-hydrogen) atoms. The minimum atomic E-state index is -0.218. The standard InChI is InChI=1S/C18H24N4O2.HI/c1-14-7-4-5-8-15(14)13-22(3)18(19-2)21-11-10-20-17(23)16-9-6-12-24-16;/h4-9,12H,10-11,13H2,1-3H3,(H,19,21)(H,20,23);1H. The van der Waals surface area contributed by atoms with Crippen molar-refractivity contribution in [1.82, 2.24) is 15.5 Å². The number of carbonyl (C=O) groups is 1. The summed E-state index contributed by atoms with van der Waals surface area (Å²) in [5.41, 5.74) is 2.51. The first-order valence-electron chi connectivity index (χ1n) is 7.90. The summed E-state index contributed by atoms with van der Waals surface area (Å²) in [6, 6.07) is 11.6. The number of halogens is 1. The van der Waals surface area contributed by atoms with Crippen molar-refractivity contribution in [1.29, 1.82) is 0 Å². The molecule has 2 rings (SSSR count). The molecule has 0 radical (unpaired) electrons. The highest BCUT2D eigenvalue weighted by Crippen LogP contribution is 2.09. The van der Waals surface area contributed by atoms with Gasteiger partial charge in [0.2, 0.25) is 0 Å². The SMILES string of the molecule is CN=C(NCCNC(=O)c1ccco1)N(C)Cc1ccccc1C.I. The summed E-state index contributed by atoms with van der Waals surface area (Å²) in [5.74, 6) is 0.881. The molecule has 0 spiro atoms. The molecular weight excluding hydrogens is 431 g/mol. The molecule has 0 fully saturated rings. The Bertz CT molecular complexity index is 686. The molecule has 7 heteroatoms. The Balaban J connectivity index is 0.00000312. The number of hydrogen-bond acceptors (Lipinski definition) is 3. The zero-order valence-electron chi connectivity index (χ0n) is 14.8. The van der Waals surface area contributed by atoms with Crippen molar-refractivity contribution < 1.29 is 9.21 Å². The largest absolute Gasteiger partial charge is 0.459 e. The average molecular weight is 456 g/mol. The number of furan rings is 1. The predicted octanol–water partition coefficient (Wildman–Crippen LogP) is 2.64. The van der Waals surface area contributed by atoms with Crippen LogP contribution in [0, 0.1) is 6.92 Å². The molecule has 1 heterocycles. The van der Waals surface area contributed by atoms with E-state index in [-0.39, 0.29) is 29.9 Å². The van der Waals surface area contributed by atoms with E-state index in [1.807, 2.05) is 19.2 Å². The topological polar surface area (TPSA) is 69.9 Å². The number of aryl methyl sites for hydroxylation is 1. The zero-order chi connectivity index (χ0) is 17.4. The molecule has 2 aromatic rings. The number of aliphatic imine (C=N–C) groups is 1. The summed E-state index contributed by atoms with van der Waals surface area (Å²) in [6.45, 7) is 3.93. The third-order valence-electron chi connectivity index (χ3n) is 3.68. The lowest BCUT2D eigenvalue weighted by molar-refractivity contribution is 0.0926. The van der Waals surface area contributed by atoms with Crippen LogP contribution in [0.15, 0.2) is 52.1 Å². The monoisotopic (exact) mass is 456 g/mol. The molecule has 136 valence electrons. The molecule has 0 aliphatic rings. The number of amides is 1. The highest BCUT2D eigenvalue weighted by atomic mass is 127. The van der Waals surface area contributed by atoms with Crippen LogP contribution in [0.25, 0.3) is 0 Å². The van der Waals surface area contributed by atoms with Crippen LogP contribution in [0.2, 0.25) is 0 Å². The number of nitrogens with zero attached hydrogens (tertiary/aromatic N) is 2. The molecule has 0 unspecified atom stereocenters. The Morgan fingerprint density at radius 1 is 1.16 bits per heavy atom. The summed E-state index contributed by atoms with van der Waals surface area (Å²) in [7, 11) is 3.74. The van der Waals surface area contributed by atoms with Gasteiger partial charge in [-0.05, 0) is 30.2 Å². The van der Waals surface area contributed by atoms with Crippen molar-refractivity contribution in [3.05, 3.63) is 59.5 Å². The second kappa shape index (κ2) is 10.8. The van der Waals surface area contributed by atoms with Crippen molar-refractivity contribution in [2.45, 2.75) is 13.5 Å². The van der Waals surface area contributed by atoms with Crippen LogP contribution in [0.1, 0.15) is 21.7 Å². The van der Waals surface area contributed by atoms with Crippen LogP contribution in [0.5, 0.6) is 0 Å². The van der Waals surface area contributed by atoms with Gasteiger partial charge in [0.1, 0.15) is 0 Å². The Labute approximate surface area is 165 Å². The van der Waals surface area contributed by atoms with Crippen LogP contribution in [-0.2, 0) is 6.54 Å². The van der Waals surface area contributed by atoms with Gasteiger partial charge in [-0.15, -0.1) is 24.0 Å². The van der Waals surface area contributed by atoms with Crippen molar-refractivity contribution in [3.63, 3.8) is 0 Å². The van der Waals surface area contributed by atoms with Gasteiger partial charge in [0.25, 0.3) is 5.91 Å². The molecule has 0 atom stereocenters. The third kappa shape index (κ3) is 6.41. The van der Waals surface area contributed by atoms with E-state index < -0.39 is 0 Å². The lowest BCUT2D eigenvalue weighted by atomic mass is 10.1. The average Bonchev–Trinajstić information content (AvgIpc) is 3.11. The molecule has 2 N–H and O–H groups in total. The fourth-order valence-corrected chi connectivity index (χ4v) is 2.35. The van der Waals surface area contributed by atoms with Gasteiger partial charge in [-0.3, -0.25) is 9.79 Å². The van der Waals surface area contributed by atoms with Crippen molar-refractivity contribution in [2.75, 3.05) is 27.2 Å². The van der Waals surface area contributed by atoms with E-state index in [1.165, 1.54) is 17.4 Å². The second-order valence-electron chi connectivity index (χ2n) is 5.49. The maximum absolute atomic E-state index is 11.8. The Kier molecular flexibility index (Phi) is 9.04. The molecule has 1 amide bonds.